The summed E-state index contributed by atoms with van der Waals surface area (Å²) in [6.45, 7) is 3.34. The summed E-state index contributed by atoms with van der Waals surface area (Å²) in [7, 11) is 0. The zero-order valence-electron chi connectivity index (χ0n) is 10.9. The van der Waals surface area contributed by atoms with Crippen LogP contribution in [0.5, 0.6) is 0 Å². The molecule has 2 amide bonds. The van der Waals surface area contributed by atoms with Crippen LogP contribution < -0.4 is 0 Å². The number of imide groups is 1. The molecular formula is C14H16FNO3. The van der Waals surface area contributed by atoms with E-state index < -0.39 is 17.8 Å². The van der Waals surface area contributed by atoms with Gasteiger partial charge in [-0.1, -0.05) is 6.07 Å². The lowest BCUT2D eigenvalue weighted by Crippen LogP contribution is -2.38. The number of aryl methyl sites for hydroxylation is 1. The minimum Gasteiger partial charge on any atom is -0.303 e. The highest BCUT2D eigenvalue weighted by molar-refractivity contribution is 6.01. The topological polar surface area (TPSA) is 54.5 Å². The Hall–Kier alpha value is -2.04. The van der Waals surface area contributed by atoms with Crippen molar-refractivity contribution >= 4 is 18.6 Å². The number of amides is 2. The van der Waals surface area contributed by atoms with Crippen LogP contribution in [-0.4, -0.2) is 29.5 Å². The van der Waals surface area contributed by atoms with Gasteiger partial charge in [-0.05, 0) is 38.0 Å². The first-order valence-electron chi connectivity index (χ1n) is 5.99. The molecule has 0 N–H and O–H groups in total. The van der Waals surface area contributed by atoms with Crippen molar-refractivity contribution in [2.24, 2.45) is 0 Å². The van der Waals surface area contributed by atoms with Crippen LogP contribution in [0.25, 0.3) is 0 Å². The molecule has 0 heterocycles. The highest BCUT2D eigenvalue weighted by Crippen LogP contribution is 2.15. The zero-order chi connectivity index (χ0) is 14.4. The summed E-state index contributed by atoms with van der Waals surface area (Å²) >= 11 is 0. The second-order valence-corrected chi connectivity index (χ2v) is 4.37. The molecule has 0 spiro atoms. The molecule has 0 aromatic heterocycles. The van der Waals surface area contributed by atoms with Crippen LogP contribution in [0.15, 0.2) is 18.2 Å². The average Bonchev–Trinajstić information content (AvgIpc) is 2.39. The number of hydrogen-bond donors (Lipinski definition) is 0. The Morgan fingerprint density at radius 2 is 2.11 bits per heavy atom. The van der Waals surface area contributed by atoms with Gasteiger partial charge in [0.2, 0.25) is 6.41 Å². The third-order valence-corrected chi connectivity index (χ3v) is 2.96. The van der Waals surface area contributed by atoms with Crippen molar-refractivity contribution in [2.75, 3.05) is 0 Å². The second-order valence-electron chi connectivity index (χ2n) is 4.37. The van der Waals surface area contributed by atoms with E-state index in [1.165, 1.54) is 12.1 Å². The van der Waals surface area contributed by atoms with E-state index in [-0.39, 0.29) is 12.0 Å². The van der Waals surface area contributed by atoms with Crippen molar-refractivity contribution in [2.45, 2.75) is 32.7 Å². The first kappa shape index (κ1) is 15.0. The second kappa shape index (κ2) is 6.78. The maximum atomic E-state index is 13.2. The Labute approximate surface area is 111 Å². The van der Waals surface area contributed by atoms with E-state index in [0.29, 0.717) is 18.4 Å². The van der Waals surface area contributed by atoms with E-state index in [9.17, 15) is 18.8 Å². The van der Waals surface area contributed by atoms with Gasteiger partial charge in [0.1, 0.15) is 12.1 Å². The number of carbonyl (C=O) groups excluding carboxylic acids is 3. The summed E-state index contributed by atoms with van der Waals surface area (Å²) < 4.78 is 13.2. The van der Waals surface area contributed by atoms with Gasteiger partial charge in [0.15, 0.2) is 0 Å². The van der Waals surface area contributed by atoms with Gasteiger partial charge in [-0.3, -0.25) is 14.5 Å². The largest absolute Gasteiger partial charge is 0.303 e. The van der Waals surface area contributed by atoms with E-state index in [1.807, 2.05) is 0 Å². The van der Waals surface area contributed by atoms with Crippen LogP contribution in [0.3, 0.4) is 0 Å². The molecule has 19 heavy (non-hydrogen) atoms. The number of aldehydes is 1. The molecule has 1 aromatic rings. The molecule has 0 saturated heterocycles. The molecule has 5 heteroatoms. The first-order chi connectivity index (χ1) is 9.01. The van der Waals surface area contributed by atoms with Crippen LogP contribution in [-0.2, 0) is 9.59 Å². The quantitative estimate of drug-likeness (QED) is 0.740. The molecule has 4 nitrogen and oxygen atoms in total. The summed E-state index contributed by atoms with van der Waals surface area (Å²) in [4.78, 5) is 34.5. The van der Waals surface area contributed by atoms with Gasteiger partial charge in [-0.25, -0.2) is 4.39 Å². The number of nitrogens with zero attached hydrogens (tertiary/aromatic N) is 1. The highest BCUT2D eigenvalue weighted by atomic mass is 19.1. The third kappa shape index (κ3) is 3.71. The van der Waals surface area contributed by atoms with E-state index in [2.05, 4.69) is 0 Å². The Kier molecular flexibility index (Phi) is 5.36. The van der Waals surface area contributed by atoms with Crippen molar-refractivity contribution in [3.05, 3.63) is 35.1 Å². The van der Waals surface area contributed by atoms with Gasteiger partial charge in [-0.2, -0.15) is 0 Å². The minimum absolute atomic E-state index is 0.157. The standard InChI is InChI=1S/C14H16FNO3/c1-10-5-6-12(15)8-13(10)14(19)16(9-18)11(2)4-3-7-17/h5-9,11H,3-4H2,1-2H3. The SMILES string of the molecule is Cc1ccc(F)cc1C(=O)N(C=O)C(C)CCC=O. The van der Waals surface area contributed by atoms with Crippen LogP contribution >= 0.6 is 0 Å². The Morgan fingerprint density at radius 1 is 1.42 bits per heavy atom. The van der Waals surface area contributed by atoms with Gasteiger partial charge >= 0.3 is 0 Å². The first-order valence-corrected chi connectivity index (χ1v) is 5.99. The number of rotatable bonds is 6. The Bertz CT molecular complexity index is 488. The fourth-order valence-corrected chi connectivity index (χ4v) is 1.76. The van der Waals surface area contributed by atoms with Crippen molar-refractivity contribution in [1.29, 1.82) is 0 Å². The minimum atomic E-state index is -0.551. The predicted molar refractivity (Wildman–Crippen MR) is 68.1 cm³/mol. The molecular weight excluding hydrogens is 249 g/mol. The molecule has 0 bridgehead atoms. The van der Waals surface area contributed by atoms with E-state index in [4.69, 9.17) is 0 Å². The molecule has 102 valence electrons. The predicted octanol–water partition coefficient (Wildman–Crippen LogP) is 2.10. The van der Waals surface area contributed by atoms with Crippen molar-refractivity contribution < 1.29 is 18.8 Å². The molecule has 0 radical (unpaired) electrons. The van der Waals surface area contributed by atoms with E-state index in [0.717, 1.165) is 17.3 Å². The summed E-state index contributed by atoms with van der Waals surface area (Å²) in [5.74, 6) is -1.08. The third-order valence-electron chi connectivity index (χ3n) is 2.96. The lowest BCUT2D eigenvalue weighted by molar-refractivity contribution is -0.118. The molecule has 0 aliphatic rings. The maximum absolute atomic E-state index is 13.2. The van der Waals surface area contributed by atoms with Crippen molar-refractivity contribution in [3.8, 4) is 0 Å². The summed E-state index contributed by atoms with van der Waals surface area (Å²) in [5.41, 5.74) is 0.755. The zero-order valence-corrected chi connectivity index (χ0v) is 10.9. The lowest BCUT2D eigenvalue weighted by atomic mass is 10.1. The summed E-state index contributed by atoms with van der Waals surface area (Å²) in [6, 6.07) is 3.45. The lowest BCUT2D eigenvalue weighted by Gasteiger charge is -2.23. The van der Waals surface area contributed by atoms with E-state index in [1.54, 1.807) is 13.8 Å². The van der Waals surface area contributed by atoms with E-state index >= 15 is 0 Å². The van der Waals surface area contributed by atoms with Gasteiger partial charge in [0.05, 0.1) is 0 Å². The van der Waals surface area contributed by atoms with Gasteiger partial charge in [0.25, 0.3) is 5.91 Å². The summed E-state index contributed by atoms with van der Waals surface area (Å²) in [6.07, 6.45) is 1.81. The maximum Gasteiger partial charge on any atom is 0.260 e. The van der Waals surface area contributed by atoms with Crippen LogP contribution in [0.2, 0.25) is 0 Å². The molecule has 1 rings (SSSR count). The van der Waals surface area contributed by atoms with Gasteiger partial charge < -0.3 is 4.79 Å². The fourth-order valence-electron chi connectivity index (χ4n) is 1.76. The number of benzene rings is 1. The van der Waals surface area contributed by atoms with Crippen molar-refractivity contribution in [1.82, 2.24) is 4.90 Å². The Morgan fingerprint density at radius 3 is 2.68 bits per heavy atom. The number of halogens is 1. The Balaban J connectivity index is 2.98. The van der Waals surface area contributed by atoms with Crippen LogP contribution in [0.1, 0.15) is 35.7 Å². The fraction of sp³-hybridized carbons (Fsp3) is 0.357. The molecule has 1 aromatic carbocycles. The normalized spacial score (nSPS) is 11.7. The average molecular weight is 265 g/mol. The van der Waals surface area contributed by atoms with Crippen LogP contribution in [0, 0.1) is 12.7 Å². The van der Waals surface area contributed by atoms with Crippen LogP contribution in [0.4, 0.5) is 4.39 Å². The van der Waals surface area contributed by atoms with Gasteiger partial charge in [0, 0.05) is 18.0 Å². The molecule has 1 atom stereocenters. The smallest absolute Gasteiger partial charge is 0.260 e. The number of hydrogen-bond acceptors (Lipinski definition) is 3. The number of carbonyl (C=O) groups is 3. The van der Waals surface area contributed by atoms with Gasteiger partial charge in [-0.15, -0.1) is 0 Å². The summed E-state index contributed by atoms with van der Waals surface area (Å²) in [5, 5.41) is 0. The molecule has 1 unspecified atom stereocenters. The monoisotopic (exact) mass is 265 g/mol. The molecule has 0 aliphatic heterocycles. The highest BCUT2D eigenvalue weighted by Gasteiger charge is 2.22. The molecule has 0 aliphatic carbocycles. The van der Waals surface area contributed by atoms with Crippen molar-refractivity contribution in [3.63, 3.8) is 0 Å². The molecule has 0 saturated carbocycles. The molecule has 0 fully saturated rings.